The number of aliphatic hydroxyl groups excluding tert-OH is 1. The van der Waals surface area contributed by atoms with Crippen molar-refractivity contribution in [2.75, 3.05) is 6.61 Å². The van der Waals surface area contributed by atoms with Gasteiger partial charge in [0.25, 0.3) is 0 Å². The molecule has 0 aliphatic carbocycles. The Labute approximate surface area is 114 Å². The highest BCUT2D eigenvalue weighted by Crippen LogP contribution is 2.34. The highest BCUT2D eigenvalue weighted by atomic mass is 16.6. The van der Waals surface area contributed by atoms with E-state index in [0.717, 1.165) is 27.8 Å². The SMILES string of the molecule is CC(=Cc1c[nH]c2ccc3c(c12)CC(O)CO3)[N+](=O)[O-]. The molecule has 1 aliphatic rings. The van der Waals surface area contributed by atoms with Crippen molar-refractivity contribution in [2.45, 2.75) is 19.4 Å². The lowest BCUT2D eigenvalue weighted by atomic mass is 9.98. The number of allylic oxidation sites excluding steroid dienone is 1. The lowest BCUT2D eigenvalue weighted by Gasteiger charge is -2.22. The van der Waals surface area contributed by atoms with Crippen LogP contribution in [0.15, 0.2) is 24.0 Å². The van der Waals surface area contributed by atoms with E-state index in [2.05, 4.69) is 4.98 Å². The van der Waals surface area contributed by atoms with Crippen molar-refractivity contribution in [1.82, 2.24) is 4.98 Å². The van der Waals surface area contributed by atoms with Crippen LogP contribution in [-0.2, 0) is 6.42 Å². The summed E-state index contributed by atoms with van der Waals surface area (Å²) < 4.78 is 5.50. The molecule has 0 bridgehead atoms. The van der Waals surface area contributed by atoms with Crippen molar-refractivity contribution in [3.05, 3.63) is 45.3 Å². The fourth-order valence-electron chi connectivity index (χ4n) is 2.52. The first kappa shape index (κ1) is 12.7. The molecule has 0 radical (unpaired) electrons. The first-order valence-electron chi connectivity index (χ1n) is 6.33. The summed E-state index contributed by atoms with van der Waals surface area (Å²) in [5.74, 6) is 0.732. The molecule has 1 atom stereocenters. The second kappa shape index (κ2) is 4.64. The molecule has 2 N–H and O–H groups in total. The highest BCUT2D eigenvalue weighted by molar-refractivity contribution is 5.93. The average Bonchev–Trinajstić information content (AvgIpc) is 2.82. The van der Waals surface area contributed by atoms with Crippen molar-refractivity contribution >= 4 is 17.0 Å². The van der Waals surface area contributed by atoms with E-state index in [-0.39, 0.29) is 12.3 Å². The first-order chi connectivity index (χ1) is 9.56. The van der Waals surface area contributed by atoms with Crippen LogP contribution in [0.2, 0.25) is 0 Å². The summed E-state index contributed by atoms with van der Waals surface area (Å²) in [4.78, 5) is 13.4. The van der Waals surface area contributed by atoms with Crippen LogP contribution in [-0.4, -0.2) is 27.7 Å². The van der Waals surface area contributed by atoms with Gasteiger partial charge in [-0.2, -0.15) is 0 Å². The van der Waals surface area contributed by atoms with Crippen LogP contribution in [0.4, 0.5) is 0 Å². The number of nitrogens with zero attached hydrogens (tertiary/aromatic N) is 1. The Bertz CT molecular complexity index is 717. The molecular weight excluding hydrogens is 260 g/mol. The molecule has 20 heavy (non-hydrogen) atoms. The van der Waals surface area contributed by atoms with Gasteiger partial charge in [-0.05, 0) is 12.1 Å². The number of hydrogen-bond acceptors (Lipinski definition) is 4. The number of ether oxygens (including phenoxy) is 1. The topological polar surface area (TPSA) is 88.4 Å². The third kappa shape index (κ3) is 2.04. The van der Waals surface area contributed by atoms with Crippen LogP contribution >= 0.6 is 0 Å². The van der Waals surface area contributed by atoms with E-state index in [1.807, 2.05) is 12.1 Å². The van der Waals surface area contributed by atoms with Crippen LogP contribution in [0.25, 0.3) is 17.0 Å². The highest BCUT2D eigenvalue weighted by Gasteiger charge is 2.22. The minimum absolute atomic E-state index is 0.0702. The summed E-state index contributed by atoms with van der Waals surface area (Å²) in [6, 6.07) is 3.73. The second-order valence-electron chi connectivity index (χ2n) is 4.92. The third-order valence-electron chi connectivity index (χ3n) is 3.47. The normalized spacial score (nSPS) is 18.7. The number of nitro groups is 1. The van der Waals surface area contributed by atoms with Crippen molar-refractivity contribution in [3.8, 4) is 5.75 Å². The zero-order chi connectivity index (χ0) is 14.3. The monoisotopic (exact) mass is 274 g/mol. The average molecular weight is 274 g/mol. The molecule has 0 amide bonds. The Morgan fingerprint density at radius 2 is 2.40 bits per heavy atom. The van der Waals surface area contributed by atoms with E-state index in [0.29, 0.717) is 6.42 Å². The van der Waals surface area contributed by atoms with E-state index in [1.165, 1.54) is 13.0 Å². The van der Waals surface area contributed by atoms with Gasteiger partial charge in [0.1, 0.15) is 12.4 Å². The number of aromatic nitrogens is 1. The van der Waals surface area contributed by atoms with Crippen molar-refractivity contribution < 1.29 is 14.8 Å². The summed E-state index contributed by atoms with van der Waals surface area (Å²) in [6.07, 6.45) is 3.21. The number of H-pyrrole nitrogens is 1. The van der Waals surface area contributed by atoms with Crippen LogP contribution in [0.1, 0.15) is 18.1 Å². The quantitative estimate of drug-likeness (QED) is 0.648. The van der Waals surface area contributed by atoms with E-state index in [4.69, 9.17) is 4.74 Å². The van der Waals surface area contributed by atoms with E-state index in [1.54, 1.807) is 6.20 Å². The molecule has 1 aromatic heterocycles. The molecule has 1 aromatic carbocycles. The predicted octanol–water partition coefficient (Wildman–Crippen LogP) is 2.10. The maximum atomic E-state index is 10.8. The summed E-state index contributed by atoms with van der Waals surface area (Å²) in [6.45, 7) is 1.74. The van der Waals surface area contributed by atoms with Crippen LogP contribution in [0.5, 0.6) is 5.75 Å². The third-order valence-corrected chi connectivity index (χ3v) is 3.47. The molecule has 2 heterocycles. The minimum atomic E-state index is -0.545. The molecule has 0 spiro atoms. The largest absolute Gasteiger partial charge is 0.491 e. The molecule has 104 valence electrons. The second-order valence-corrected chi connectivity index (χ2v) is 4.92. The van der Waals surface area contributed by atoms with Crippen LogP contribution in [0, 0.1) is 10.1 Å². The van der Waals surface area contributed by atoms with Gasteiger partial charge < -0.3 is 14.8 Å². The van der Waals surface area contributed by atoms with Gasteiger partial charge >= 0.3 is 0 Å². The fourth-order valence-corrected chi connectivity index (χ4v) is 2.52. The molecule has 0 saturated heterocycles. The van der Waals surface area contributed by atoms with E-state index >= 15 is 0 Å². The molecule has 3 rings (SSSR count). The lowest BCUT2D eigenvalue weighted by Crippen LogP contribution is -2.25. The van der Waals surface area contributed by atoms with Gasteiger partial charge in [-0.15, -0.1) is 0 Å². The Morgan fingerprint density at radius 1 is 1.60 bits per heavy atom. The number of aromatic amines is 1. The van der Waals surface area contributed by atoms with Gasteiger partial charge in [0, 0.05) is 47.6 Å². The van der Waals surface area contributed by atoms with E-state index < -0.39 is 11.0 Å². The molecule has 1 unspecified atom stereocenters. The first-order valence-corrected chi connectivity index (χ1v) is 6.33. The molecule has 6 nitrogen and oxygen atoms in total. The maximum Gasteiger partial charge on any atom is 0.243 e. The smallest absolute Gasteiger partial charge is 0.243 e. The Kier molecular flexibility index (Phi) is 2.94. The number of hydrogen-bond donors (Lipinski definition) is 2. The van der Waals surface area contributed by atoms with E-state index in [9.17, 15) is 15.2 Å². The molecule has 6 heteroatoms. The van der Waals surface area contributed by atoms with Gasteiger partial charge in [-0.1, -0.05) is 0 Å². The van der Waals surface area contributed by atoms with Gasteiger partial charge in [0.2, 0.25) is 5.70 Å². The number of nitrogens with one attached hydrogen (secondary N) is 1. The minimum Gasteiger partial charge on any atom is -0.491 e. The Balaban J connectivity index is 2.20. The fraction of sp³-hybridized carbons (Fsp3) is 0.286. The number of benzene rings is 1. The number of fused-ring (bicyclic) bond motifs is 3. The Hall–Kier alpha value is -2.34. The molecule has 1 aliphatic heterocycles. The van der Waals surface area contributed by atoms with Gasteiger partial charge in [0.15, 0.2) is 0 Å². The van der Waals surface area contributed by atoms with Gasteiger partial charge in [-0.3, -0.25) is 10.1 Å². The maximum absolute atomic E-state index is 10.8. The summed E-state index contributed by atoms with van der Waals surface area (Å²) >= 11 is 0. The van der Waals surface area contributed by atoms with Crippen LogP contribution in [0.3, 0.4) is 0 Å². The standard InChI is InChI=1S/C14H14N2O4/c1-8(16(18)19)4-9-6-15-12-2-3-13-11(14(9)12)5-10(17)7-20-13/h2-4,6,10,15,17H,5,7H2,1H3. The molecular formula is C14H14N2O4. The van der Waals surface area contributed by atoms with Crippen molar-refractivity contribution in [1.29, 1.82) is 0 Å². The zero-order valence-corrected chi connectivity index (χ0v) is 10.9. The summed E-state index contributed by atoms with van der Waals surface area (Å²) in [5.41, 5.74) is 2.58. The summed E-state index contributed by atoms with van der Waals surface area (Å²) in [7, 11) is 0. The van der Waals surface area contributed by atoms with Gasteiger partial charge in [-0.25, -0.2) is 0 Å². The predicted molar refractivity (Wildman–Crippen MR) is 74.1 cm³/mol. The zero-order valence-electron chi connectivity index (χ0n) is 10.9. The van der Waals surface area contributed by atoms with Crippen molar-refractivity contribution in [2.24, 2.45) is 0 Å². The Morgan fingerprint density at radius 3 is 3.15 bits per heavy atom. The van der Waals surface area contributed by atoms with Crippen LogP contribution < -0.4 is 4.74 Å². The summed E-state index contributed by atoms with van der Waals surface area (Å²) in [5, 5.41) is 21.4. The van der Waals surface area contributed by atoms with Crippen molar-refractivity contribution in [3.63, 3.8) is 0 Å². The molecule has 2 aromatic rings. The number of aliphatic hydroxyl groups is 1. The number of rotatable bonds is 2. The lowest BCUT2D eigenvalue weighted by molar-refractivity contribution is -0.422. The molecule has 0 saturated carbocycles. The molecule has 0 fully saturated rings. The van der Waals surface area contributed by atoms with Gasteiger partial charge in [0.05, 0.1) is 11.0 Å².